The third-order valence-corrected chi connectivity index (χ3v) is 4.41. The van der Waals surface area contributed by atoms with Gasteiger partial charge in [-0.2, -0.15) is 0 Å². The fourth-order valence-corrected chi connectivity index (χ4v) is 3.26. The lowest BCUT2D eigenvalue weighted by molar-refractivity contribution is -0.134. The van der Waals surface area contributed by atoms with Gasteiger partial charge in [0.15, 0.2) is 0 Å². The van der Waals surface area contributed by atoms with Crippen LogP contribution < -0.4 is 5.73 Å². The van der Waals surface area contributed by atoms with E-state index in [0.29, 0.717) is 6.54 Å². The minimum Gasteiger partial charge on any atom is -0.370 e. The van der Waals surface area contributed by atoms with Crippen molar-refractivity contribution in [3.05, 3.63) is 30.1 Å². The van der Waals surface area contributed by atoms with E-state index in [-0.39, 0.29) is 24.7 Å². The number of carbonyl (C=O) groups excluding carboxylic acids is 2. The number of aromatic nitrogens is 3. The number of carbonyl (C=O) groups is 2. The molecule has 1 aliphatic heterocycles. The maximum atomic E-state index is 12.2. The van der Waals surface area contributed by atoms with Crippen molar-refractivity contribution in [2.75, 3.05) is 13.1 Å². The fourth-order valence-electron chi connectivity index (χ4n) is 3.26. The highest BCUT2D eigenvalue weighted by atomic mass is 16.2. The molecule has 23 heavy (non-hydrogen) atoms. The predicted octanol–water partition coefficient (Wildman–Crippen LogP) is 1.01. The molecule has 7 heteroatoms. The first-order valence-electron chi connectivity index (χ1n) is 7.90. The van der Waals surface area contributed by atoms with Gasteiger partial charge in [0, 0.05) is 43.7 Å². The quantitative estimate of drug-likeness (QED) is 0.911. The van der Waals surface area contributed by atoms with Crippen molar-refractivity contribution in [3.63, 3.8) is 0 Å². The second kappa shape index (κ2) is 6.36. The average molecular weight is 315 g/mol. The SMILES string of the molecule is Cc1ncc2cncc([C@H]3CCCN(C(=O)CCC(N)=O)C3)n12. The first kappa shape index (κ1) is 15.5. The molecule has 0 bridgehead atoms. The van der Waals surface area contributed by atoms with E-state index in [0.717, 1.165) is 36.4 Å². The molecule has 0 aromatic carbocycles. The van der Waals surface area contributed by atoms with E-state index in [1.807, 2.05) is 24.2 Å². The van der Waals surface area contributed by atoms with Gasteiger partial charge in [0.1, 0.15) is 5.82 Å². The Bertz CT molecular complexity index is 739. The van der Waals surface area contributed by atoms with Crippen LogP contribution in [0.2, 0.25) is 0 Å². The van der Waals surface area contributed by atoms with Crippen LogP contribution in [-0.2, 0) is 9.59 Å². The number of amides is 2. The lowest BCUT2D eigenvalue weighted by Crippen LogP contribution is -2.39. The molecular weight excluding hydrogens is 294 g/mol. The maximum absolute atomic E-state index is 12.2. The molecule has 0 saturated carbocycles. The van der Waals surface area contributed by atoms with Gasteiger partial charge in [0.05, 0.1) is 17.9 Å². The van der Waals surface area contributed by atoms with Crippen LogP contribution in [0.4, 0.5) is 0 Å². The van der Waals surface area contributed by atoms with Crippen molar-refractivity contribution in [2.45, 2.75) is 38.5 Å². The third-order valence-electron chi connectivity index (χ3n) is 4.41. The normalized spacial score (nSPS) is 18.3. The Hall–Kier alpha value is -2.44. The maximum Gasteiger partial charge on any atom is 0.223 e. The van der Waals surface area contributed by atoms with Crippen LogP contribution >= 0.6 is 0 Å². The van der Waals surface area contributed by atoms with Gasteiger partial charge < -0.3 is 10.6 Å². The standard InChI is InChI=1S/C16H21N5O2/c1-11-19-8-13-7-18-9-14(21(11)13)12-3-2-6-20(10-12)16(23)5-4-15(17)22/h7-9,12H,2-6,10H2,1H3,(H2,17,22)/t12-/m0/s1. The second-order valence-corrected chi connectivity index (χ2v) is 6.04. The molecule has 3 heterocycles. The first-order chi connectivity index (χ1) is 11.1. The number of hydrogen-bond donors (Lipinski definition) is 1. The van der Waals surface area contributed by atoms with Crippen LogP contribution in [0.15, 0.2) is 18.6 Å². The number of piperidine rings is 1. The minimum atomic E-state index is -0.435. The van der Waals surface area contributed by atoms with Gasteiger partial charge in [0.25, 0.3) is 0 Å². The molecule has 1 saturated heterocycles. The van der Waals surface area contributed by atoms with E-state index in [4.69, 9.17) is 5.73 Å². The smallest absolute Gasteiger partial charge is 0.223 e. The highest BCUT2D eigenvalue weighted by Crippen LogP contribution is 2.28. The number of nitrogens with zero attached hydrogens (tertiary/aromatic N) is 4. The van der Waals surface area contributed by atoms with Crippen molar-refractivity contribution in [1.29, 1.82) is 0 Å². The highest BCUT2D eigenvalue weighted by Gasteiger charge is 2.26. The van der Waals surface area contributed by atoms with Gasteiger partial charge >= 0.3 is 0 Å². The van der Waals surface area contributed by atoms with Gasteiger partial charge in [-0.3, -0.25) is 19.0 Å². The van der Waals surface area contributed by atoms with Gasteiger partial charge in [-0.05, 0) is 19.8 Å². The van der Waals surface area contributed by atoms with Crippen molar-refractivity contribution < 1.29 is 9.59 Å². The molecular formula is C16H21N5O2. The zero-order valence-corrected chi connectivity index (χ0v) is 13.2. The molecule has 1 atom stereocenters. The summed E-state index contributed by atoms with van der Waals surface area (Å²) in [7, 11) is 0. The van der Waals surface area contributed by atoms with E-state index >= 15 is 0 Å². The summed E-state index contributed by atoms with van der Waals surface area (Å²) >= 11 is 0. The number of primary amides is 1. The molecule has 0 spiro atoms. The summed E-state index contributed by atoms with van der Waals surface area (Å²) in [5.41, 5.74) is 7.18. The lowest BCUT2D eigenvalue weighted by atomic mass is 9.94. The van der Waals surface area contributed by atoms with Gasteiger partial charge in [0.2, 0.25) is 11.8 Å². The Kier molecular flexibility index (Phi) is 4.27. The summed E-state index contributed by atoms with van der Waals surface area (Å²) in [6.45, 7) is 3.35. The highest BCUT2D eigenvalue weighted by molar-refractivity contribution is 5.83. The van der Waals surface area contributed by atoms with E-state index in [1.54, 1.807) is 6.20 Å². The molecule has 2 aromatic heterocycles. The topological polar surface area (TPSA) is 93.6 Å². The third kappa shape index (κ3) is 3.18. The monoisotopic (exact) mass is 315 g/mol. The number of imidazole rings is 1. The number of aryl methyl sites for hydroxylation is 1. The molecule has 0 radical (unpaired) electrons. The molecule has 2 amide bonds. The largest absolute Gasteiger partial charge is 0.370 e. The molecule has 1 aliphatic rings. The van der Waals surface area contributed by atoms with Crippen LogP contribution in [0.5, 0.6) is 0 Å². The van der Waals surface area contributed by atoms with E-state index in [1.165, 1.54) is 0 Å². The zero-order valence-electron chi connectivity index (χ0n) is 13.2. The van der Waals surface area contributed by atoms with E-state index < -0.39 is 5.91 Å². The summed E-state index contributed by atoms with van der Waals surface area (Å²) in [6.07, 6.45) is 7.72. The molecule has 122 valence electrons. The average Bonchev–Trinajstić information content (AvgIpc) is 2.94. The van der Waals surface area contributed by atoms with Crippen LogP contribution in [0.25, 0.3) is 5.52 Å². The fraction of sp³-hybridized carbons (Fsp3) is 0.500. The van der Waals surface area contributed by atoms with Crippen LogP contribution in [0.3, 0.4) is 0 Å². The Labute approximate surface area is 134 Å². The van der Waals surface area contributed by atoms with Gasteiger partial charge in [-0.1, -0.05) is 0 Å². The van der Waals surface area contributed by atoms with Crippen LogP contribution in [0, 0.1) is 6.92 Å². The molecule has 1 fully saturated rings. The zero-order chi connectivity index (χ0) is 16.4. The molecule has 0 aliphatic carbocycles. The number of nitrogens with two attached hydrogens (primary N) is 1. The van der Waals surface area contributed by atoms with Crippen molar-refractivity contribution in [2.24, 2.45) is 5.73 Å². The molecule has 3 rings (SSSR count). The number of likely N-dealkylation sites (tertiary alicyclic amines) is 1. The minimum absolute atomic E-state index is 0.00372. The van der Waals surface area contributed by atoms with E-state index in [2.05, 4.69) is 14.4 Å². The Balaban J connectivity index is 1.79. The van der Waals surface area contributed by atoms with Gasteiger partial charge in [-0.25, -0.2) is 4.98 Å². The summed E-state index contributed by atoms with van der Waals surface area (Å²) in [6, 6.07) is 0. The van der Waals surface area contributed by atoms with Crippen molar-refractivity contribution in [3.8, 4) is 0 Å². The van der Waals surface area contributed by atoms with Crippen molar-refractivity contribution >= 4 is 17.3 Å². The number of rotatable bonds is 4. The lowest BCUT2D eigenvalue weighted by Gasteiger charge is -2.33. The first-order valence-corrected chi connectivity index (χ1v) is 7.90. The molecule has 2 aromatic rings. The summed E-state index contributed by atoms with van der Waals surface area (Å²) in [5, 5.41) is 0. The van der Waals surface area contributed by atoms with E-state index in [9.17, 15) is 9.59 Å². The Morgan fingerprint density at radius 2 is 2.13 bits per heavy atom. The predicted molar refractivity (Wildman–Crippen MR) is 84.7 cm³/mol. The Morgan fingerprint density at radius 3 is 2.91 bits per heavy atom. The Morgan fingerprint density at radius 1 is 1.30 bits per heavy atom. The number of hydrogen-bond acceptors (Lipinski definition) is 4. The van der Waals surface area contributed by atoms with Crippen LogP contribution in [0.1, 0.15) is 43.1 Å². The van der Waals surface area contributed by atoms with Gasteiger partial charge in [-0.15, -0.1) is 0 Å². The summed E-state index contributed by atoms with van der Waals surface area (Å²) in [5.74, 6) is 0.714. The van der Waals surface area contributed by atoms with Crippen molar-refractivity contribution in [1.82, 2.24) is 19.3 Å². The summed E-state index contributed by atoms with van der Waals surface area (Å²) < 4.78 is 2.11. The molecule has 7 nitrogen and oxygen atoms in total. The summed E-state index contributed by atoms with van der Waals surface area (Å²) in [4.78, 5) is 33.6. The van der Waals surface area contributed by atoms with Crippen LogP contribution in [-0.4, -0.2) is 44.2 Å². The molecule has 2 N–H and O–H groups in total. The molecule has 0 unspecified atom stereocenters. The second-order valence-electron chi connectivity index (χ2n) is 6.04. The number of fused-ring (bicyclic) bond motifs is 1.